The van der Waals surface area contributed by atoms with E-state index in [4.69, 9.17) is 9.15 Å². The summed E-state index contributed by atoms with van der Waals surface area (Å²) in [4.78, 5) is 8.77. The molecule has 146 valence electrons. The zero-order chi connectivity index (χ0) is 19.8. The fourth-order valence-corrected chi connectivity index (χ4v) is 2.84. The Kier molecular flexibility index (Phi) is 6.68. The van der Waals surface area contributed by atoms with Gasteiger partial charge in [0.25, 0.3) is 0 Å². The van der Waals surface area contributed by atoms with Crippen molar-refractivity contribution >= 4 is 5.96 Å². The van der Waals surface area contributed by atoms with Gasteiger partial charge in [0.15, 0.2) is 5.96 Å². The number of aryl methyl sites for hydroxylation is 1. The Hall–Kier alpha value is -3.28. The van der Waals surface area contributed by atoms with E-state index in [0.29, 0.717) is 12.4 Å². The van der Waals surface area contributed by atoms with E-state index in [2.05, 4.69) is 38.8 Å². The molecule has 0 aliphatic carbocycles. The molecule has 3 rings (SSSR count). The summed E-state index contributed by atoms with van der Waals surface area (Å²) in [6.07, 6.45) is 2.54. The van der Waals surface area contributed by atoms with Crippen molar-refractivity contribution in [3.05, 3.63) is 71.6 Å². The fourth-order valence-electron chi connectivity index (χ4n) is 2.84. The van der Waals surface area contributed by atoms with Gasteiger partial charge in [-0.2, -0.15) is 0 Å². The Labute approximate surface area is 165 Å². The van der Waals surface area contributed by atoms with E-state index in [1.807, 2.05) is 37.3 Å². The quantitative estimate of drug-likeness (QED) is 0.486. The second-order valence-corrected chi connectivity index (χ2v) is 6.42. The first-order valence-corrected chi connectivity index (χ1v) is 9.27. The molecule has 2 aromatic carbocycles. The predicted molar refractivity (Wildman–Crippen MR) is 112 cm³/mol. The van der Waals surface area contributed by atoms with Gasteiger partial charge in [0.2, 0.25) is 5.89 Å². The normalized spacial score (nSPS) is 11.3. The fraction of sp³-hybridized carbons (Fsp3) is 0.273. The molecular formula is C22H26N4O2. The summed E-state index contributed by atoms with van der Waals surface area (Å²) >= 11 is 0. The van der Waals surface area contributed by atoms with Crippen molar-refractivity contribution in [1.82, 2.24) is 15.6 Å². The summed E-state index contributed by atoms with van der Waals surface area (Å²) in [6, 6.07) is 16.1. The third kappa shape index (κ3) is 5.13. The Morgan fingerprint density at radius 2 is 1.96 bits per heavy atom. The molecule has 3 aromatic rings. The van der Waals surface area contributed by atoms with Crippen molar-refractivity contribution in [2.75, 3.05) is 20.7 Å². The van der Waals surface area contributed by atoms with E-state index in [1.54, 1.807) is 20.4 Å². The number of aromatic nitrogens is 1. The molecule has 0 aliphatic heterocycles. The molecule has 0 spiro atoms. The van der Waals surface area contributed by atoms with Gasteiger partial charge in [-0.25, -0.2) is 4.98 Å². The van der Waals surface area contributed by atoms with Crippen molar-refractivity contribution < 1.29 is 9.15 Å². The second kappa shape index (κ2) is 9.60. The third-order valence-electron chi connectivity index (χ3n) is 4.41. The third-order valence-corrected chi connectivity index (χ3v) is 4.41. The largest absolute Gasteiger partial charge is 0.496 e. The van der Waals surface area contributed by atoms with Crippen LogP contribution in [-0.2, 0) is 13.0 Å². The van der Waals surface area contributed by atoms with Crippen LogP contribution in [0.1, 0.15) is 16.8 Å². The van der Waals surface area contributed by atoms with E-state index in [9.17, 15) is 0 Å². The van der Waals surface area contributed by atoms with E-state index in [-0.39, 0.29) is 0 Å². The summed E-state index contributed by atoms with van der Waals surface area (Å²) < 4.78 is 10.9. The average Bonchev–Trinajstić information content (AvgIpc) is 3.21. The molecule has 0 unspecified atom stereocenters. The van der Waals surface area contributed by atoms with Crippen LogP contribution in [0.2, 0.25) is 0 Å². The number of oxazole rings is 1. The lowest BCUT2D eigenvalue weighted by Crippen LogP contribution is -2.37. The lowest BCUT2D eigenvalue weighted by Gasteiger charge is -2.12. The van der Waals surface area contributed by atoms with E-state index in [1.165, 1.54) is 5.56 Å². The van der Waals surface area contributed by atoms with Crippen LogP contribution < -0.4 is 15.4 Å². The molecule has 0 radical (unpaired) electrons. The summed E-state index contributed by atoms with van der Waals surface area (Å²) in [5, 5.41) is 6.58. The van der Waals surface area contributed by atoms with Crippen molar-refractivity contribution in [2.45, 2.75) is 19.9 Å². The van der Waals surface area contributed by atoms with Crippen molar-refractivity contribution in [3.63, 3.8) is 0 Å². The van der Waals surface area contributed by atoms with Gasteiger partial charge in [-0.15, -0.1) is 0 Å². The molecule has 28 heavy (non-hydrogen) atoms. The van der Waals surface area contributed by atoms with Crippen molar-refractivity contribution in [3.8, 4) is 17.2 Å². The monoisotopic (exact) mass is 378 g/mol. The first-order valence-electron chi connectivity index (χ1n) is 9.27. The zero-order valence-electron chi connectivity index (χ0n) is 16.5. The molecule has 2 N–H and O–H groups in total. The molecule has 0 atom stereocenters. The van der Waals surface area contributed by atoms with Gasteiger partial charge in [0.05, 0.1) is 19.3 Å². The van der Waals surface area contributed by atoms with E-state index >= 15 is 0 Å². The van der Waals surface area contributed by atoms with Crippen LogP contribution in [0.25, 0.3) is 11.5 Å². The van der Waals surface area contributed by atoms with E-state index in [0.717, 1.165) is 41.5 Å². The van der Waals surface area contributed by atoms with Crippen LogP contribution in [0.5, 0.6) is 5.75 Å². The standard InChI is InChI=1S/C22H26N4O2/c1-16-9-10-17(13-20(16)27-3)11-12-24-22(23-2)25-14-19-15-28-21(26-19)18-7-5-4-6-8-18/h4-10,13,15H,11-12,14H2,1-3H3,(H2,23,24,25). The SMILES string of the molecule is CN=C(NCCc1ccc(C)c(OC)c1)NCc1coc(-c2ccccc2)n1. The number of aliphatic imine (C=N–C) groups is 1. The minimum atomic E-state index is 0.536. The maximum Gasteiger partial charge on any atom is 0.226 e. The number of ether oxygens (including phenoxy) is 1. The van der Waals surface area contributed by atoms with Gasteiger partial charge < -0.3 is 19.8 Å². The molecule has 0 aliphatic rings. The maximum absolute atomic E-state index is 5.56. The molecule has 0 saturated heterocycles. The minimum Gasteiger partial charge on any atom is -0.496 e. The van der Waals surface area contributed by atoms with Crippen LogP contribution in [0.3, 0.4) is 0 Å². The van der Waals surface area contributed by atoms with Crippen molar-refractivity contribution in [2.24, 2.45) is 4.99 Å². The minimum absolute atomic E-state index is 0.536. The molecule has 0 saturated carbocycles. The number of benzene rings is 2. The van der Waals surface area contributed by atoms with E-state index < -0.39 is 0 Å². The highest BCUT2D eigenvalue weighted by atomic mass is 16.5. The number of rotatable bonds is 7. The lowest BCUT2D eigenvalue weighted by molar-refractivity contribution is 0.411. The van der Waals surface area contributed by atoms with Crippen LogP contribution in [0.4, 0.5) is 0 Å². The van der Waals surface area contributed by atoms with Crippen molar-refractivity contribution in [1.29, 1.82) is 0 Å². The Morgan fingerprint density at radius 1 is 1.14 bits per heavy atom. The van der Waals surface area contributed by atoms with Gasteiger partial charge in [-0.05, 0) is 42.7 Å². The van der Waals surface area contributed by atoms with Gasteiger partial charge in [0, 0.05) is 19.2 Å². The van der Waals surface area contributed by atoms with Crippen LogP contribution in [0, 0.1) is 6.92 Å². The molecule has 6 heteroatoms. The highest BCUT2D eigenvalue weighted by molar-refractivity contribution is 5.79. The number of guanidine groups is 1. The molecule has 6 nitrogen and oxygen atoms in total. The predicted octanol–water partition coefficient (Wildman–Crippen LogP) is 3.57. The smallest absolute Gasteiger partial charge is 0.226 e. The zero-order valence-corrected chi connectivity index (χ0v) is 16.5. The molecule has 0 fully saturated rings. The van der Waals surface area contributed by atoms with Gasteiger partial charge in [0.1, 0.15) is 12.0 Å². The number of nitrogens with zero attached hydrogens (tertiary/aromatic N) is 2. The van der Waals surface area contributed by atoms with Crippen LogP contribution in [-0.4, -0.2) is 31.6 Å². The summed E-state index contributed by atoms with van der Waals surface area (Å²) in [6.45, 7) is 3.34. The maximum atomic E-state index is 5.56. The highest BCUT2D eigenvalue weighted by Crippen LogP contribution is 2.19. The molecule has 1 heterocycles. The molecule has 0 bridgehead atoms. The Morgan fingerprint density at radius 3 is 2.71 bits per heavy atom. The van der Waals surface area contributed by atoms with Crippen LogP contribution >= 0.6 is 0 Å². The first-order chi connectivity index (χ1) is 13.7. The Balaban J connectivity index is 1.48. The van der Waals surface area contributed by atoms with Gasteiger partial charge in [-0.1, -0.05) is 30.3 Å². The summed E-state index contributed by atoms with van der Waals surface area (Å²) in [7, 11) is 3.45. The number of methoxy groups -OCH3 is 1. The molecule has 1 aromatic heterocycles. The number of hydrogen-bond acceptors (Lipinski definition) is 4. The topological polar surface area (TPSA) is 71.7 Å². The number of hydrogen-bond donors (Lipinski definition) is 2. The van der Waals surface area contributed by atoms with Crippen LogP contribution in [0.15, 0.2) is 64.2 Å². The summed E-state index contributed by atoms with van der Waals surface area (Å²) in [5.41, 5.74) is 4.14. The molecular weight excluding hydrogens is 352 g/mol. The average molecular weight is 378 g/mol. The summed E-state index contributed by atoms with van der Waals surface area (Å²) in [5.74, 6) is 2.26. The first kappa shape index (κ1) is 19.5. The van der Waals surface area contributed by atoms with Gasteiger partial charge >= 0.3 is 0 Å². The lowest BCUT2D eigenvalue weighted by atomic mass is 10.1. The molecule has 0 amide bonds. The highest BCUT2D eigenvalue weighted by Gasteiger charge is 2.07. The Bertz CT molecular complexity index is 919. The second-order valence-electron chi connectivity index (χ2n) is 6.42. The number of nitrogens with one attached hydrogen (secondary N) is 2. The van der Waals surface area contributed by atoms with Gasteiger partial charge in [-0.3, -0.25) is 4.99 Å².